The lowest BCUT2D eigenvalue weighted by molar-refractivity contribution is -0.167. The molecule has 0 aromatic carbocycles. The first-order valence-electron chi connectivity index (χ1n) is 36.4. The second kappa shape index (κ2) is 71.3. The Morgan fingerprint density at radius 2 is 0.470 bits per heavy atom. The fraction of sp³-hybridized carbons (Fsp3) is 0.805. The first-order valence-corrected chi connectivity index (χ1v) is 36.4. The Bertz CT molecular complexity index is 1520. The van der Waals surface area contributed by atoms with Crippen LogP contribution in [0.5, 0.6) is 0 Å². The summed E-state index contributed by atoms with van der Waals surface area (Å²) in [4.78, 5) is 38.4. The quantitative estimate of drug-likeness (QED) is 0.0261. The smallest absolute Gasteiger partial charge is 0.306 e. The number of rotatable bonds is 67. The van der Waals surface area contributed by atoms with Crippen LogP contribution < -0.4 is 0 Å². The van der Waals surface area contributed by atoms with Crippen molar-refractivity contribution in [3.05, 3.63) is 72.9 Å². The summed E-state index contributed by atoms with van der Waals surface area (Å²) in [5.41, 5.74) is 0. The Morgan fingerprint density at radius 3 is 0.747 bits per heavy atom. The highest BCUT2D eigenvalue weighted by Crippen LogP contribution is 2.18. The van der Waals surface area contributed by atoms with Crippen LogP contribution in [0, 0.1) is 0 Å². The van der Waals surface area contributed by atoms with E-state index in [9.17, 15) is 14.4 Å². The second-order valence-electron chi connectivity index (χ2n) is 24.5. The molecule has 0 radical (unpaired) electrons. The van der Waals surface area contributed by atoms with E-state index in [4.69, 9.17) is 14.2 Å². The zero-order chi connectivity index (χ0) is 59.9. The third kappa shape index (κ3) is 69.5. The van der Waals surface area contributed by atoms with Crippen LogP contribution in [0.4, 0.5) is 0 Å². The summed E-state index contributed by atoms with van der Waals surface area (Å²) in [5, 5.41) is 0. The maximum atomic E-state index is 12.9. The van der Waals surface area contributed by atoms with Crippen molar-refractivity contribution in [3.8, 4) is 0 Å². The molecule has 482 valence electrons. The molecule has 6 heteroatoms. The Labute approximate surface area is 516 Å². The van der Waals surface area contributed by atoms with Crippen LogP contribution in [0.25, 0.3) is 0 Å². The largest absolute Gasteiger partial charge is 0.462 e. The van der Waals surface area contributed by atoms with Crippen LogP contribution in [0.3, 0.4) is 0 Å². The lowest BCUT2D eigenvalue weighted by atomic mass is 10.0. The van der Waals surface area contributed by atoms with Crippen molar-refractivity contribution in [3.63, 3.8) is 0 Å². The zero-order valence-corrected chi connectivity index (χ0v) is 55.5. The molecule has 0 saturated heterocycles. The number of carbonyl (C=O) groups is 3. The van der Waals surface area contributed by atoms with Crippen molar-refractivity contribution in [1.82, 2.24) is 0 Å². The molecule has 0 bridgehead atoms. The number of carbonyl (C=O) groups excluding carboxylic acids is 3. The van der Waals surface area contributed by atoms with Crippen LogP contribution in [0.1, 0.15) is 380 Å². The van der Waals surface area contributed by atoms with Crippen molar-refractivity contribution >= 4 is 17.9 Å². The highest BCUT2D eigenvalue weighted by molar-refractivity contribution is 5.71. The average molecular weight is 1160 g/mol. The van der Waals surface area contributed by atoms with Crippen LogP contribution in [0.15, 0.2) is 72.9 Å². The maximum absolute atomic E-state index is 12.9. The fourth-order valence-corrected chi connectivity index (χ4v) is 10.8. The van der Waals surface area contributed by atoms with Gasteiger partial charge in [0.05, 0.1) is 0 Å². The third-order valence-corrected chi connectivity index (χ3v) is 16.2. The highest BCUT2D eigenvalue weighted by atomic mass is 16.6. The molecule has 0 aliphatic heterocycles. The minimum atomic E-state index is -0.780. The summed E-state index contributed by atoms with van der Waals surface area (Å²) < 4.78 is 17.0. The minimum absolute atomic E-state index is 0.0746. The number of unbranched alkanes of at least 4 members (excludes halogenated alkanes) is 44. The van der Waals surface area contributed by atoms with E-state index in [0.29, 0.717) is 19.3 Å². The molecule has 1 unspecified atom stereocenters. The van der Waals surface area contributed by atoms with Gasteiger partial charge in [-0.2, -0.15) is 0 Å². The zero-order valence-electron chi connectivity index (χ0n) is 55.5. The van der Waals surface area contributed by atoms with Gasteiger partial charge in [-0.1, -0.05) is 344 Å². The van der Waals surface area contributed by atoms with Gasteiger partial charge >= 0.3 is 17.9 Å². The van der Waals surface area contributed by atoms with Crippen molar-refractivity contribution in [2.24, 2.45) is 0 Å². The van der Waals surface area contributed by atoms with Gasteiger partial charge < -0.3 is 14.2 Å². The molecule has 0 N–H and O–H groups in total. The van der Waals surface area contributed by atoms with Gasteiger partial charge in [-0.05, 0) is 89.9 Å². The van der Waals surface area contributed by atoms with Gasteiger partial charge in [0.25, 0.3) is 0 Å². The topological polar surface area (TPSA) is 78.9 Å². The van der Waals surface area contributed by atoms with Gasteiger partial charge in [-0.25, -0.2) is 0 Å². The predicted molar refractivity (Wildman–Crippen MR) is 362 cm³/mol. The van der Waals surface area contributed by atoms with Crippen molar-refractivity contribution in [2.45, 2.75) is 386 Å². The second-order valence-corrected chi connectivity index (χ2v) is 24.5. The van der Waals surface area contributed by atoms with Gasteiger partial charge in [0.2, 0.25) is 0 Å². The fourth-order valence-electron chi connectivity index (χ4n) is 10.8. The third-order valence-electron chi connectivity index (χ3n) is 16.2. The molecule has 0 aliphatic carbocycles. The highest BCUT2D eigenvalue weighted by Gasteiger charge is 2.19. The standard InChI is InChI=1S/C77H138O6/c1-4-7-10-13-16-19-22-25-28-31-32-33-34-35-36-37-38-39-40-41-42-43-44-45-46-47-50-52-55-58-61-64-67-70-76(79)82-73-74(83-77(80)71-68-65-62-59-56-53-49-30-27-24-21-18-15-12-9-6-3)72-81-75(78)69-66-63-60-57-54-51-48-29-26-23-20-17-14-11-8-5-2/h7,10,16,19,21,24-25,28,30,32-33,49,74H,4-6,8-9,11-15,17-18,20,22-23,26-27,29,31,34-48,50-73H2,1-3H3/b10-7-,19-16-,24-21-,28-25-,33-32-,49-30-. The van der Waals surface area contributed by atoms with E-state index in [1.807, 2.05) is 0 Å². The molecule has 0 fully saturated rings. The summed E-state index contributed by atoms with van der Waals surface area (Å²) in [6, 6.07) is 0. The Morgan fingerprint density at radius 1 is 0.253 bits per heavy atom. The molecule has 0 saturated carbocycles. The molecule has 1 atom stereocenters. The molecule has 0 amide bonds. The van der Waals surface area contributed by atoms with Crippen LogP contribution in [-0.4, -0.2) is 37.2 Å². The number of ether oxygens (including phenoxy) is 3. The molecule has 0 aliphatic rings. The molecular formula is C77H138O6. The number of hydrogen-bond acceptors (Lipinski definition) is 6. The first kappa shape index (κ1) is 79.8. The van der Waals surface area contributed by atoms with E-state index < -0.39 is 6.10 Å². The first-order chi connectivity index (χ1) is 41.0. The van der Waals surface area contributed by atoms with Gasteiger partial charge in [0.1, 0.15) is 13.2 Å². The molecular weight excluding hydrogens is 1020 g/mol. The van der Waals surface area contributed by atoms with Gasteiger partial charge in [0, 0.05) is 19.3 Å². The predicted octanol–water partition coefficient (Wildman–Crippen LogP) is 25.2. The van der Waals surface area contributed by atoms with Crippen LogP contribution >= 0.6 is 0 Å². The molecule has 0 heterocycles. The number of hydrogen-bond donors (Lipinski definition) is 0. The number of allylic oxidation sites excluding steroid dienone is 12. The average Bonchev–Trinajstić information content (AvgIpc) is 3.49. The van der Waals surface area contributed by atoms with E-state index in [1.165, 1.54) is 231 Å². The Kier molecular flexibility index (Phi) is 68.6. The van der Waals surface area contributed by atoms with E-state index >= 15 is 0 Å². The summed E-state index contributed by atoms with van der Waals surface area (Å²) in [6.07, 6.45) is 93.7. The number of esters is 3. The van der Waals surface area contributed by atoms with Gasteiger partial charge in [-0.15, -0.1) is 0 Å². The lowest BCUT2D eigenvalue weighted by Gasteiger charge is -2.18. The summed E-state index contributed by atoms with van der Waals surface area (Å²) >= 11 is 0. The lowest BCUT2D eigenvalue weighted by Crippen LogP contribution is -2.30. The Hall–Kier alpha value is -3.15. The monoisotopic (exact) mass is 1160 g/mol. The molecule has 0 rings (SSSR count). The van der Waals surface area contributed by atoms with Crippen LogP contribution in [0.2, 0.25) is 0 Å². The molecule has 6 nitrogen and oxygen atoms in total. The molecule has 0 aromatic heterocycles. The summed E-state index contributed by atoms with van der Waals surface area (Å²) in [7, 11) is 0. The molecule has 0 aromatic rings. The van der Waals surface area contributed by atoms with Crippen molar-refractivity contribution < 1.29 is 28.6 Å². The van der Waals surface area contributed by atoms with Crippen molar-refractivity contribution in [1.29, 1.82) is 0 Å². The van der Waals surface area contributed by atoms with E-state index in [-0.39, 0.29) is 31.1 Å². The van der Waals surface area contributed by atoms with Crippen LogP contribution in [-0.2, 0) is 28.6 Å². The SMILES string of the molecule is CC/C=C\C/C=C\C/C=C\C/C=C\CCCCCCCCCCCCCCCCCCCCCCC(=O)OCC(COC(=O)CCCCCCCCCCCCCCCCCC)OC(=O)CCCCCCC/C=C\C/C=C\CCCCCC. The van der Waals surface area contributed by atoms with E-state index in [1.54, 1.807) is 0 Å². The van der Waals surface area contributed by atoms with Gasteiger partial charge in [0.15, 0.2) is 6.10 Å². The minimum Gasteiger partial charge on any atom is -0.462 e. The summed E-state index contributed by atoms with van der Waals surface area (Å²) in [5.74, 6) is -0.862. The normalized spacial score (nSPS) is 12.5. The van der Waals surface area contributed by atoms with E-state index in [2.05, 4.69) is 93.7 Å². The molecule has 83 heavy (non-hydrogen) atoms. The molecule has 0 spiro atoms. The van der Waals surface area contributed by atoms with Crippen molar-refractivity contribution in [2.75, 3.05) is 13.2 Å². The summed E-state index contributed by atoms with van der Waals surface area (Å²) in [6.45, 7) is 6.56. The maximum Gasteiger partial charge on any atom is 0.306 e. The Balaban J connectivity index is 4.17. The van der Waals surface area contributed by atoms with Gasteiger partial charge in [-0.3, -0.25) is 14.4 Å². The van der Waals surface area contributed by atoms with E-state index in [0.717, 1.165) is 109 Å².